The third-order valence-electron chi connectivity index (χ3n) is 2.18. The maximum Gasteiger partial charge on any atom is 0.417 e. The SMILES string of the molecule is CC(C)(C#N)NC(=O)c1ccccc1C(F)(F)F. The number of nitrogens with one attached hydrogen (secondary N) is 1. The molecule has 6 heteroatoms. The van der Waals surface area contributed by atoms with Crippen molar-refractivity contribution in [3.05, 3.63) is 35.4 Å². The van der Waals surface area contributed by atoms with Gasteiger partial charge in [0.1, 0.15) is 5.54 Å². The molecule has 0 spiro atoms. The molecule has 0 heterocycles. The summed E-state index contributed by atoms with van der Waals surface area (Å²) in [6.45, 7) is 2.81. The van der Waals surface area contributed by atoms with E-state index in [9.17, 15) is 18.0 Å². The van der Waals surface area contributed by atoms with Crippen LogP contribution in [0.2, 0.25) is 0 Å². The van der Waals surface area contributed by atoms with Gasteiger partial charge in [-0.15, -0.1) is 0 Å². The third kappa shape index (κ3) is 3.23. The van der Waals surface area contributed by atoms with Crippen molar-refractivity contribution in [2.24, 2.45) is 0 Å². The number of carbonyl (C=O) groups is 1. The largest absolute Gasteiger partial charge is 0.417 e. The molecule has 0 aliphatic carbocycles. The smallest absolute Gasteiger partial charge is 0.334 e. The number of benzene rings is 1. The van der Waals surface area contributed by atoms with Gasteiger partial charge in [-0.25, -0.2) is 0 Å². The van der Waals surface area contributed by atoms with Gasteiger partial charge in [0.25, 0.3) is 5.91 Å². The molecule has 0 bridgehead atoms. The van der Waals surface area contributed by atoms with Crippen LogP contribution in [0.5, 0.6) is 0 Å². The topological polar surface area (TPSA) is 52.9 Å². The van der Waals surface area contributed by atoms with Crippen molar-refractivity contribution in [2.45, 2.75) is 25.6 Å². The summed E-state index contributed by atoms with van der Waals surface area (Å²) in [7, 11) is 0. The molecule has 0 saturated carbocycles. The molecule has 0 unspecified atom stereocenters. The molecular weight excluding hydrogens is 245 g/mol. The number of rotatable bonds is 2. The first-order chi connectivity index (χ1) is 8.17. The van der Waals surface area contributed by atoms with Gasteiger partial charge < -0.3 is 5.32 Å². The van der Waals surface area contributed by atoms with Crippen LogP contribution in [0.4, 0.5) is 13.2 Å². The average molecular weight is 256 g/mol. The molecule has 1 aromatic carbocycles. The highest BCUT2D eigenvalue weighted by atomic mass is 19.4. The Balaban J connectivity index is 3.12. The minimum absolute atomic E-state index is 0.492. The summed E-state index contributed by atoms with van der Waals surface area (Å²) in [6.07, 6.45) is -4.61. The molecule has 3 nitrogen and oxygen atoms in total. The van der Waals surface area contributed by atoms with E-state index in [4.69, 9.17) is 5.26 Å². The Labute approximate surface area is 102 Å². The van der Waals surface area contributed by atoms with Gasteiger partial charge in [0.15, 0.2) is 0 Å². The third-order valence-corrected chi connectivity index (χ3v) is 2.18. The summed E-state index contributed by atoms with van der Waals surface area (Å²) >= 11 is 0. The molecular formula is C12H11F3N2O. The van der Waals surface area contributed by atoms with Gasteiger partial charge in [-0.2, -0.15) is 18.4 Å². The van der Waals surface area contributed by atoms with Crippen LogP contribution in [-0.4, -0.2) is 11.4 Å². The summed E-state index contributed by atoms with van der Waals surface area (Å²) in [5.74, 6) is -0.922. The summed E-state index contributed by atoms with van der Waals surface area (Å²) < 4.78 is 38.0. The Kier molecular flexibility index (Phi) is 3.65. The summed E-state index contributed by atoms with van der Waals surface area (Å²) in [6, 6.07) is 6.23. The Morgan fingerprint density at radius 3 is 2.33 bits per heavy atom. The van der Waals surface area contributed by atoms with Crippen molar-refractivity contribution in [3.8, 4) is 6.07 Å². The van der Waals surface area contributed by atoms with E-state index in [2.05, 4.69) is 5.32 Å². The lowest BCUT2D eigenvalue weighted by molar-refractivity contribution is -0.137. The van der Waals surface area contributed by atoms with E-state index in [1.165, 1.54) is 26.0 Å². The number of amides is 1. The molecule has 1 N–H and O–H groups in total. The van der Waals surface area contributed by atoms with Gasteiger partial charge in [0.2, 0.25) is 0 Å². The van der Waals surface area contributed by atoms with E-state index in [0.717, 1.165) is 12.1 Å². The molecule has 1 amide bonds. The Morgan fingerprint density at radius 1 is 1.28 bits per heavy atom. The Morgan fingerprint density at radius 2 is 1.83 bits per heavy atom. The van der Waals surface area contributed by atoms with Crippen molar-refractivity contribution in [1.29, 1.82) is 5.26 Å². The second kappa shape index (κ2) is 4.69. The van der Waals surface area contributed by atoms with Gasteiger partial charge >= 0.3 is 6.18 Å². The normalized spacial score (nSPS) is 11.8. The molecule has 1 aromatic rings. The van der Waals surface area contributed by atoms with Crippen LogP contribution >= 0.6 is 0 Å². The Bertz CT molecular complexity index is 501. The summed E-state index contributed by atoms with van der Waals surface area (Å²) in [5.41, 5.74) is -2.74. The maximum absolute atomic E-state index is 12.7. The van der Waals surface area contributed by atoms with Crippen LogP contribution in [0.15, 0.2) is 24.3 Å². The second-order valence-electron chi connectivity index (χ2n) is 4.23. The number of carbonyl (C=O) groups excluding carboxylic acids is 1. The van der Waals surface area contributed by atoms with Crippen LogP contribution in [0.3, 0.4) is 0 Å². The number of hydrogen-bond donors (Lipinski definition) is 1. The van der Waals surface area contributed by atoms with E-state index in [1.807, 2.05) is 0 Å². The Hall–Kier alpha value is -2.03. The molecule has 0 aliphatic heterocycles. The van der Waals surface area contributed by atoms with Crippen LogP contribution < -0.4 is 5.32 Å². The first-order valence-electron chi connectivity index (χ1n) is 5.07. The molecule has 18 heavy (non-hydrogen) atoms. The van der Waals surface area contributed by atoms with Gasteiger partial charge in [0.05, 0.1) is 17.2 Å². The average Bonchev–Trinajstić information content (AvgIpc) is 2.27. The predicted octanol–water partition coefficient (Wildman–Crippen LogP) is 2.74. The van der Waals surface area contributed by atoms with E-state index >= 15 is 0 Å². The van der Waals surface area contributed by atoms with Crippen LogP contribution in [0.1, 0.15) is 29.8 Å². The fourth-order valence-electron chi connectivity index (χ4n) is 1.31. The zero-order valence-corrected chi connectivity index (χ0v) is 9.80. The fraction of sp³-hybridized carbons (Fsp3) is 0.333. The van der Waals surface area contributed by atoms with Crippen molar-refractivity contribution >= 4 is 5.91 Å². The summed E-state index contributed by atoms with van der Waals surface area (Å²) in [5, 5.41) is 11.0. The highest BCUT2D eigenvalue weighted by molar-refractivity contribution is 5.96. The first-order valence-corrected chi connectivity index (χ1v) is 5.07. The van der Waals surface area contributed by atoms with Gasteiger partial charge in [0, 0.05) is 0 Å². The molecule has 0 aliphatic rings. The molecule has 0 atom stereocenters. The van der Waals surface area contributed by atoms with Gasteiger partial charge in [-0.05, 0) is 26.0 Å². The van der Waals surface area contributed by atoms with Crippen molar-refractivity contribution in [2.75, 3.05) is 0 Å². The van der Waals surface area contributed by atoms with Crippen LogP contribution in [-0.2, 0) is 6.18 Å². The van der Waals surface area contributed by atoms with Gasteiger partial charge in [-0.1, -0.05) is 12.1 Å². The molecule has 0 radical (unpaired) electrons. The van der Waals surface area contributed by atoms with Crippen LogP contribution in [0, 0.1) is 11.3 Å². The molecule has 96 valence electrons. The van der Waals surface area contributed by atoms with E-state index < -0.39 is 28.7 Å². The number of alkyl halides is 3. The molecule has 0 saturated heterocycles. The highest BCUT2D eigenvalue weighted by Gasteiger charge is 2.35. The minimum Gasteiger partial charge on any atom is -0.334 e. The lowest BCUT2D eigenvalue weighted by Gasteiger charge is -2.19. The number of nitriles is 1. The lowest BCUT2D eigenvalue weighted by Crippen LogP contribution is -2.42. The van der Waals surface area contributed by atoms with E-state index in [-0.39, 0.29) is 0 Å². The van der Waals surface area contributed by atoms with E-state index in [0.29, 0.717) is 0 Å². The minimum atomic E-state index is -4.61. The first kappa shape index (κ1) is 14.0. The molecule has 1 rings (SSSR count). The van der Waals surface area contributed by atoms with Gasteiger partial charge in [-0.3, -0.25) is 4.79 Å². The number of nitrogens with zero attached hydrogens (tertiary/aromatic N) is 1. The second-order valence-corrected chi connectivity index (χ2v) is 4.23. The number of halogens is 3. The highest BCUT2D eigenvalue weighted by Crippen LogP contribution is 2.31. The van der Waals surface area contributed by atoms with Crippen molar-refractivity contribution in [1.82, 2.24) is 5.32 Å². The predicted molar refractivity (Wildman–Crippen MR) is 58.6 cm³/mol. The molecule has 0 fully saturated rings. The van der Waals surface area contributed by atoms with Crippen molar-refractivity contribution in [3.63, 3.8) is 0 Å². The van der Waals surface area contributed by atoms with E-state index in [1.54, 1.807) is 6.07 Å². The zero-order chi connectivity index (χ0) is 14.0. The summed E-state index contributed by atoms with van der Waals surface area (Å²) in [4.78, 5) is 11.7. The number of hydrogen-bond acceptors (Lipinski definition) is 2. The zero-order valence-electron chi connectivity index (χ0n) is 9.80. The maximum atomic E-state index is 12.7. The monoisotopic (exact) mass is 256 g/mol. The fourth-order valence-corrected chi connectivity index (χ4v) is 1.31. The quantitative estimate of drug-likeness (QED) is 0.884. The lowest BCUT2D eigenvalue weighted by atomic mass is 10.0. The van der Waals surface area contributed by atoms with Crippen molar-refractivity contribution < 1.29 is 18.0 Å². The standard InChI is InChI=1S/C12H11F3N2O/c1-11(2,7-16)17-10(18)8-5-3-4-6-9(8)12(13,14)15/h3-6H,1-2H3,(H,17,18). The van der Waals surface area contributed by atoms with Crippen LogP contribution in [0.25, 0.3) is 0 Å². The molecule has 0 aromatic heterocycles.